The van der Waals surface area contributed by atoms with E-state index in [1.165, 1.54) is 24.3 Å². The number of nitrogens with zero attached hydrogens (tertiary/aromatic N) is 3. The van der Waals surface area contributed by atoms with Crippen LogP contribution in [0.4, 0.5) is 10.1 Å². The van der Waals surface area contributed by atoms with Crippen LogP contribution in [-0.2, 0) is 14.8 Å². The Balaban J connectivity index is 1.69. The molecule has 2 aliphatic heterocycles. The lowest BCUT2D eigenvalue weighted by Gasteiger charge is -2.36. The molecule has 0 bridgehead atoms. The Bertz CT molecular complexity index is 1020. The molecule has 0 aliphatic carbocycles. The predicted octanol–water partition coefficient (Wildman–Crippen LogP) is 2.17. The van der Waals surface area contributed by atoms with Crippen molar-refractivity contribution in [2.75, 3.05) is 43.6 Å². The lowest BCUT2D eigenvalue weighted by atomic mass is 10.0. The monoisotopic (exact) mass is 403 g/mol. The number of rotatable bonds is 3. The van der Waals surface area contributed by atoms with Gasteiger partial charge in [0.1, 0.15) is 12.4 Å². The van der Waals surface area contributed by atoms with E-state index < -0.39 is 15.8 Å². The van der Waals surface area contributed by atoms with E-state index in [0.717, 1.165) is 23.9 Å². The Morgan fingerprint density at radius 3 is 2.46 bits per heavy atom. The number of benzene rings is 2. The minimum atomic E-state index is -3.91. The molecule has 8 heteroatoms. The van der Waals surface area contributed by atoms with Crippen molar-refractivity contribution in [2.45, 2.75) is 11.8 Å². The molecule has 0 unspecified atom stereocenters. The number of halogens is 1. The Labute approximate surface area is 164 Å². The lowest BCUT2D eigenvalue weighted by Crippen LogP contribution is -2.52. The third-order valence-corrected chi connectivity index (χ3v) is 7.24. The molecule has 0 atom stereocenters. The molecule has 1 saturated heterocycles. The highest BCUT2D eigenvalue weighted by Gasteiger charge is 2.37. The van der Waals surface area contributed by atoms with Crippen LogP contribution in [0.5, 0.6) is 0 Å². The standard InChI is InChI=1S/C20H22FN3O3S/c1-2-22-9-11-23(12-10-22)20(25)14-24-18-8-7-15(21)13-17(18)16-5-3-4-6-19(16)28(24,26)27/h3-8,13H,2,9-12,14H2,1H3. The first-order valence-electron chi connectivity index (χ1n) is 9.33. The topological polar surface area (TPSA) is 60.9 Å². The Morgan fingerprint density at radius 1 is 1.04 bits per heavy atom. The molecule has 0 N–H and O–H groups in total. The van der Waals surface area contributed by atoms with Gasteiger partial charge in [-0.25, -0.2) is 12.8 Å². The summed E-state index contributed by atoms with van der Waals surface area (Å²) in [7, 11) is -3.91. The van der Waals surface area contributed by atoms with Crippen LogP contribution in [-0.4, -0.2) is 63.4 Å². The van der Waals surface area contributed by atoms with Crippen molar-refractivity contribution in [1.82, 2.24) is 9.80 Å². The number of amides is 1. The lowest BCUT2D eigenvalue weighted by molar-refractivity contribution is -0.131. The third-order valence-electron chi connectivity index (χ3n) is 5.42. The maximum atomic E-state index is 13.9. The van der Waals surface area contributed by atoms with Crippen molar-refractivity contribution in [3.63, 3.8) is 0 Å². The van der Waals surface area contributed by atoms with Crippen LogP contribution in [0.3, 0.4) is 0 Å². The molecule has 6 nitrogen and oxygen atoms in total. The number of carbonyl (C=O) groups excluding carboxylic acids is 1. The minimum absolute atomic E-state index is 0.0942. The van der Waals surface area contributed by atoms with E-state index in [4.69, 9.17) is 0 Å². The summed E-state index contributed by atoms with van der Waals surface area (Å²) in [6.07, 6.45) is 0. The highest BCUT2D eigenvalue weighted by atomic mass is 32.2. The number of piperazine rings is 1. The third kappa shape index (κ3) is 3.16. The number of likely N-dealkylation sites (N-methyl/N-ethyl adjacent to an activating group) is 1. The average Bonchev–Trinajstić information content (AvgIpc) is 2.71. The summed E-state index contributed by atoms with van der Waals surface area (Å²) in [5, 5.41) is 0. The van der Waals surface area contributed by atoms with Crippen LogP contribution in [0.25, 0.3) is 11.1 Å². The van der Waals surface area contributed by atoms with Crippen LogP contribution in [0, 0.1) is 5.82 Å². The van der Waals surface area contributed by atoms with Gasteiger partial charge in [0.15, 0.2) is 0 Å². The second-order valence-corrected chi connectivity index (χ2v) is 8.82. The summed E-state index contributed by atoms with van der Waals surface area (Å²) >= 11 is 0. The number of carbonyl (C=O) groups is 1. The van der Waals surface area contributed by atoms with Gasteiger partial charge in [0.2, 0.25) is 5.91 Å². The fourth-order valence-electron chi connectivity index (χ4n) is 3.81. The van der Waals surface area contributed by atoms with Gasteiger partial charge in [-0.15, -0.1) is 0 Å². The molecule has 2 aromatic rings. The van der Waals surface area contributed by atoms with E-state index in [2.05, 4.69) is 11.8 Å². The molecule has 2 heterocycles. The maximum Gasteiger partial charge on any atom is 0.265 e. The summed E-state index contributed by atoms with van der Waals surface area (Å²) in [5.41, 5.74) is 1.27. The van der Waals surface area contributed by atoms with Crippen molar-refractivity contribution < 1.29 is 17.6 Å². The Morgan fingerprint density at radius 2 is 1.75 bits per heavy atom. The van der Waals surface area contributed by atoms with Gasteiger partial charge < -0.3 is 9.80 Å². The molecule has 2 aromatic carbocycles. The van der Waals surface area contributed by atoms with Gasteiger partial charge in [-0.1, -0.05) is 25.1 Å². The summed E-state index contributed by atoms with van der Waals surface area (Å²) in [6, 6.07) is 10.5. The van der Waals surface area contributed by atoms with E-state index >= 15 is 0 Å². The van der Waals surface area contributed by atoms with Crippen molar-refractivity contribution >= 4 is 21.6 Å². The summed E-state index contributed by atoms with van der Waals surface area (Å²) < 4.78 is 41.4. The van der Waals surface area contributed by atoms with Crippen LogP contribution in [0.15, 0.2) is 47.4 Å². The van der Waals surface area contributed by atoms with Crippen molar-refractivity contribution in [3.05, 3.63) is 48.3 Å². The van der Waals surface area contributed by atoms with Gasteiger partial charge in [-0.05, 0) is 30.8 Å². The molecule has 0 radical (unpaired) electrons. The number of sulfonamides is 1. The quantitative estimate of drug-likeness (QED) is 0.788. The molecular formula is C20H22FN3O3S. The minimum Gasteiger partial charge on any atom is -0.339 e. The van der Waals surface area contributed by atoms with Gasteiger partial charge >= 0.3 is 0 Å². The molecule has 0 aromatic heterocycles. The van der Waals surface area contributed by atoms with Crippen molar-refractivity contribution in [2.24, 2.45) is 0 Å². The second kappa shape index (κ2) is 7.18. The summed E-state index contributed by atoms with van der Waals surface area (Å²) in [5.74, 6) is -0.691. The molecule has 0 spiro atoms. The molecule has 1 fully saturated rings. The van der Waals surface area contributed by atoms with E-state index in [-0.39, 0.29) is 17.3 Å². The van der Waals surface area contributed by atoms with E-state index in [1.807, 2.05) is 0 Å². The van der Waals surface area contributed by atoms with Gasteiger partial charge in [0.25, 0.3) is 10.0 Å². The molecule has 2 aliphatic rings. The van der Waals surface area contributed by atoms with Gasteiger partial charge in [-0.3, -0.25) is 9.10 Å². The van der Waals surface area contributed by atoms with Crippen molar-refractivity contribution in [3.8, 4) is 11.1 Å². The Hall–Kier alpha value is -2.45. The van der Waals surface area contributed by atoms with Gasteiger partial charge in [-0.2, -0.15) is 0 Å². The molecule has 148 valence electrons. The zero-order valence-corrected chi connectivity index (χ0v) is 16.5. The summed E-state index contributed by atoms with van der Waals surface area (Å²) in [6.45, 7) is 5.42. The van der Waals surface area contributed by atoms with Crippen LogP contribution in [0.2, 0.25) is 0 Å². The Kier molecular flexibility index (Phi) is 4.84. The number of hydrogen-bond acceptors (Lipinski definition) is 4. The zero-order valence-electron chi connectivity index (χ0n) is 15.6. The van der Waals surface area contributed by atoms with Crippen molar-refractivity contribution in [1.29, 1.82) is 0 Å². The van der Waals surface area contributed by atoms with Crippen LogP contribution < -0.4 is 4.31 Å². The van der Waals surface area contributed by atoms with E-state index in [1.54, 1.807) is 23.1 Å². The highest BCUT2D eigenvalue weighted by Crippen LogP contribution is 2.43. The molecule has 1 amide bonds. The van der Waals surface area contributed by atoms with E-state index in [0.29, 0.717) is 29.9 Å². The first-order chi connectivity index (χ1) is 13.4. The first kappa shape index (κ1) is 18.9. The zero-order chi connectivity index (χ0) is 19.9. The normalized spacial score (nSPS) is 18.5. The predicted molar refractivity (Wildman–Crippen MR) is 105 cm³/mol. The molecule has 0 saturated carbocycles. The van der Waals surface area contributed by atoms with Crippen LogP contribution in [0.1, 0.15) is 6.92 Å². The second-order valence-electron chi connectivity index (χ2n) is 6.98. The number of anilines is 1. The fraction of sp³-hybridized carbons (Fsp3) is 0.350. The largest absolute Gasteiger partial charge is 0.339 e. The first-order valence-corrected chi connectivity index (χ1v) is 10.8. The molecule has 4 rings (SSSR count). The number of fused-ring (bicyclic) bond motifs is 3. The maximum absolute atomic E-state index is 13.9. The van der Waals surface area contributed by atoms with Gasteiger partial charge in [0, 0.05) is 37.3 Å². The highest BCUT2D eigenvalue weighted by molar-refractivity contribution is 7.93. The smallest absolute Gasteiger partial charge is 0.265 e. The summed E-state index contributed by atoms with van der Waals surface area (Å²) in [4.78, 5) is 16.9. The molecular weight excluding hydrogens is 381 g/mol. The fourth-order valence-corrected chi connectivity index (χ4v) is 5.45. The van der Waals surface area contributed by atoms with Gasteiger partial charge in [0.05, 0.1) is 10.6 Å². The van der Waals surface area contributed by atoms with E-state index in [9.17, 15) is 17.6 Å². The SMILES string of the molecule is CCN1CCN(C(=O)CN2c3ccc(F)cc3-c3ccccc3S2(=O)=O)CC1. The van der Waals surface area contributed by atoms with Crippen LogP contribution >= 0.6 is 0 Å². The number of hydrogen-bond donors (Lipinski definition) is 0. The average molecular weight is 403 g/mol. The molecule has 28 heavy (non-hydrogen) atoms.